The Balaban J connectivity index is 1.41. The first-order chi connectivity index (χ1) is 14.1. The first-order valence-corrected chi connectivity index (χ1v) is 9.77. The normalized spacial score (nSPS) is 14.7. The second kappa shape index (κ2) is 8.49. The fourth-order valence-corrected chi connectivity index (χ4v) is 3.33. The van der Waals surface area contributed by atoms with E-state index in [4.69, 9.17) is 4.74 Å². The number of nitrogens with zero attached hydrogens (tertiary/aromatic N) is 3. The quantitative estimate of drug-likeness (QED) is 0.674. The number of aryl methyl sites for hydroxylation is 1. The highest BCUT2D eigenvalue weighted by atomic mass is 19.1. The predicted octanol–water partition coefficient (Wildman–Crippen LogP) is 4.82. The summed E-state index contributed by atoms with van der Waals surface area (Å²) >= 11 is 0. The molecule has 0 saturated carbocycles. The number of ether oxygens (including phenoxy) is 1. The lowest BCUT2D eigenvalue weighted by molar-refractivity contribution is 0.313. The van der Waals surface area contributed by atoms with Crippen LogP contribution in [-0.4, -0.2) is 43.1 Å². The van der Waals surface area contributed by atoms with Crippen molar-refractivity contribution in [1.82, 2.24) is 9.88 Å². The number of rotatable bonds is 5. The van der Waals surface area contributed by atoms with Crippen LogP contribution in [0.25, 0.3) is 0 Å². The molecule has 5 nitrogen and oxygen atoms in total. The van der Waals surface area contributed by atoms with Crippen LogP contribution in [0.15, 0.2) is 60.8 Å². The minimum atomic E-state index is -0.217. The van der Waals surface area contributed by atoms with Gasteiger partial charge in [0.15, 0.2) is 0 Å². The van der Waals surface area contributed by atoms with E-state index in [-0.39, 0.29) is 5.82 Å². The zero-order chi connectivity index (χ0) is 20.2. The van der Waals surface area contributed by atoms with Crippen LogP contribution >= 0.6 is 0 Å². The van der Waals surface area contributed by atoms with Gasteiger partial charge in [-0.3, -0.25) is 0 Å². The molecule has 29 heavy (non-hydrogen) atoms. The van der Waals surface area contributed by atoms with Crippen LogP contribution in [-0.2, 0) is 0 Å². The molecule has 2 aromatic carbocycles. The Morgan fingerprint density at radius 2 is 1.79 bits per heavy atom. The van der Waals surface area contributed by atoms with Crippen LogP contribution in [0.4, 0.5) is 21.6 Å². The van der Waals surface area contributed by atoms with Gasteiger partial charge >= 0.3 is 0 Å². The van der Waals surface area contributed by atoms with Crippen molar-refractivity contribution in [3.8, 4) is 11.5 Å². The maximum absolute atomic E-state index is 13.4. The van der Waals surface area contributed by atoms with Crippen LogP contribution in [0.2, 0.25) is 0 Å². The van der Waals surface area contributed by atoms with E-state index in [1.54, 1.807) is 25.3 Å². The van der Waals surface area contributed by atoms with Gasteiger partial charge in [0.1, 0.15) is 23.1 Å². The number of hydrogen-bond acceptors (Lipinski definition) is 5. The maximum Gasteiger partial charge on any atom is 0.145 e. The summed E-state index contributed by atoms with van der Waals surface area (Å²) in [4.78, 5) is 9.11. The molecule has 1 fully saturated rings. The highest BCUT2D eigenvalue weighted by Gasteiger charge is 2.14. The number of anilines is 3. The van der Waals surface area contributed by atoms with Gasteiger partial charge in [0.05, 0.1) is 6.20 Å². The molecule has 1 saturated heterocycles. The van der Waals surface area contributed by atoms with E-state index >= 15 is 0 Å². The molecule has 2 heterocycles. The van der Waals surface area contributed by atoms with E-state index in [1.807, 2.05) is 24.3 Å². The summed E-state index contributed by atoms with van der Waals surface area (Å²) in [5, 5.41) is 3.17. The molecule has 0 amide bonds. The lowest BCUT2D eigenvalue weighted by atomic mass is 10.2. The molecule has 1 aliphatic rings. The third kappa shape index (κ3) is 4.84. The van der Waals surface area contributed by atoms with Gasteiger partial charge in [-0.15, -0.1) is 0 Å². The summed E-state index contributed by atoms with van der Waals surface area (Å²) in [6, 6.07) is 16.8. The first kappa shape index (κ1) is 19.2. The second-order valence-electron chi connectivity index (χ2n) is 7.36. The van der Waals surface area contributed by atoms with E-state index in [9.17, 15) is 4.39 Å². The van der Waals surface area contributed by atoms with Gasteiger partial charge in [0.2, 0.25) is 0 Å². The molecular weight excluding hydrogens is 367 g/mol. The first-order valence-electron chi connectivity index (χ1n) is 9.77. The smallest absolute Gasteiger partial charge is 0.145 e. The van der Waals surface area contributed by atoms with Gasteiger partial charge in [-0.2, -0.15) is 0 Å². The summed E-state index contributed by atoms with van der Waals surface area (Å²) in [5.41, 5.74) is 2.56. The van der Waals surface area contributed by atoms with Gasteiger partial charge in [-0.05, 0) is 62.0 Å². The average Bonchev–Trinajstić information content (AvgIpc) is 2.73. The molecule has 0 aliphatic carbocycles. The molecule has 0 radical (unpaired) electrons. The van der Waals surface area contributed by atoms with E-state index in [1.165, 1.54) is 11.8 Å². The number of nitrogens with one attached hydrogen (secondary N) is 1. The Bertz CT molecular complexity index is 969. The predicted molar refractivity (Wildman–Crippen MR) is 115 cm³/mol. The molecule has 3 aromatic rings. The number of piperazine rings is 1. The number of likely N-dealkylation sites (N-methyl/N-ethyl adjacent to an activating group) is 1. The molecule has 0 spiro atoms. The lowest BCUT2D eigenvalue weighted by Gasteiger charge is -2.34. The van der Waals surface area contributed by atoms with E-state index < -0.39 is 0 Å². The molecule has 150 valence electrons. The van der Waals surface area contributed by atoms with E-state index in [0.717, 1.165) is 37.6 Å². The Labute approximate surface area is 170 Å². The van der Waals surface area contributed by atoms with Crippen molar-refractivity contribution < 1.29 is 9.13 Å². The molecule has 6 heteroatoms. The van der Waals surface area contributed by atoms with Crippen LogP contribution in [0.1, 0.15) is 5.56 Å². The topological polar surface area (TPSA) is 40.6 Å². The van der Waals surface area contributed by atoms with Gasteiger partial charge in [0.25, 0.3) is 0 Å². The Hall–Kier alpha value is -3.12. The fraction of sp³-hybridized carbons (Fsp3) is 0.261. The summed E-state index contributed by atoms with van der Waals surface area (Å²) < 4.78 is 19.4. The van der Waals surface area contributed by atoms with Gasteiger partial charge in [-0.25, -0.2) is 9.37 Å². The van der Waals surface area contributed by atoms with Gasteiger partial charge in [0, 0.05) is 43.6 Å². The van der Waals surface area contributed by atoms with Crippen molar-refractivity contribution in [2.45, 2.75) is 6.92 Å². The number of halogens is 1. The minimum absolute atomic E-state index is 0.217. The molecular formula is C23H25FN4O. The number of hydrogen-bond donors (Lipinski definition) is 1. The molecule has 0 atom stereocenters. The molecule has 4 rings (SSSR count). The Morgan fingerprint density at radius 1 is 0.966 bits per heavy atom. The average molecular weight is 392 g/mol. The monoisotopic (exact) mass is 392 g/mol. The summed E-state index contributed by atoms with van der Waals surface area (Å²) in [7, 11) is 2.15. The van der Waals surface area contributed by atoms with Gasteiger partial charge in [-0.1, -0.05) is 6.07 Å². The zero-order valence-corrected chi connectivity index (χ0v) is 16.7. The highest BCUT2D eigenvalue weighted by molar-refractivity contribution is 5.57. The fourth-order valence-electron chi connectivity index (χ4n) is 3.33. The zero-order valence-electron chi connectivity index (χ0n) is 16.7. The van der Waals surface area contributed by atoms with Crippen molar-refractivity contribution in [2.75, 3.05) is 43.4 Å². The number of pyridine rings is 1. The summed E-state index contributed by atoms with van der Waals surface area (Å²) in [6.07, 6.45) is 1.68. The molecule has 0 bridgehead atoms. The second-order valence-corrected chi connectivity index (χ2v) is 7.36. The summed E-state index contributed by atoms with van der Waals surface area (Å²) in [6.45, 7) is 5.91. The SMILES string of the molecule is Cc1cc(Nc2ccc(Oc3cccc(N4CCN(C)CC4)c3)cn2)ccc1F. The lowest BCUT2D eigenvalue weighted by Crippen LogP contribution is -2.44. The van der Waals surface area contributed by atoms with Gasteiger partial charge < -0.3 is 19.9 Å². The molecule has 1 aliphatic heterocycles. The van der Waals surface area contributed by atoms with Crippen LogP contribution < -0.4 is 15.0 Å². The third-order valence-corrected chi connectivity index (χ3v) is 5.09. The Kier molecular flexibility index (Phi) is 5.62. The standard InChI is InChI=1S/C23H25FN4O/c1-17-14-18(6-8-22(17)24)26-23-9-7-21(16-25-23)29-20-5-3-4-19(15-20)28-12-10-27(2)11-13-28/h3-9,14-16H,10-13H2,1-2H3,(H,25,26). The Morgan fingerprint density at radius 3 is 2.52 bits per heavy atom. The van der Waals surface area contributed by atoms with Crippen molar-refractivity contribution in [2.24, 2.45) is 0 Å². The van der Waals surface area contributed by atoms with E-state index in [2.05, 4.69) is 39.3 Å². The van der Waals surface area contributed by atoms with E-state index in [0.29, 0.717) is 17.1 Å². The number of aromatic nitrogens is 1. The number of benzene rings is 2. The largest absolute Gasteiger partial charge is 0.456 e. The van der Waals surface area contributed by atoms with Crippen molar-refractivity contribution >= 4 is 17.2 Å². The summed E-state index contributed by atoms with van der Waals surface area (Å²) in [5.74, 6) is 1.92. The highest BCUT2D eigenvalue weighted by Crippen LogP contribution is 2.27. The molecule has 1 N–H and O–H groups in total. The minimum Gasteiger partial charge on any atom is -0.456 e. The van der Waals surface area contributed by atoms with Crippen LogP contribution in [0.3, 0.4) is 0 Å². The van der Waals surface area contributed by atoms with Crippen molar-refractivity contribution in [1.29, 1.82) is 0 Å². The molecule has 1 aromatic heterocycles. The van der Waals surface area contributed by atoms with Crippen molar-refractivity contribution in [3.05, 3.63) is 72.2 Å². The third-order valence-electron chi connectivity index (χ3n) is 5.09. The van der Waals surface area contributed by atoms with Crippen LogP contribution in [0, 0.1) is 12.7 Å². The maximum atomic E-state index is 13.4. The molecule has 0 unspecified atom stereocenters. The van der Waals surface area contributed by atoms with Crippen molar-refractivity contribution in [3.63, 3.8) is 0 Å². The van der Waals surface area contributed by atoms with Crippen LogP contribution in [0.5, 0.6) is 11.5 Å².